The van der Waals surface area contributed by atoms with E-state index in [-0.39, 0.29) is 30.5 Å². The Morgan fingerprint density at radius 3 is 2.55 bits per heavy atom. The number of nitrogens with two attached hydrogens (primary N) is 1. The van der Waals surface area contributed by atoms with Gasteiger partial charge in [0.25, 0.3) is 0 Å². The number of likely N-dealkylation sites (N-methyl/N-ethyl adjacent to an activating group) is 1. The van der Waals surface area contributed by atoms with Crippen molar-refractivity contribution in [2.75, 3.05) is 18.9 Å². The minimum Gasteiger partial charge on any atom is -0.340 e. The van der Waals surface area contributed by atoms with Gasteiger partial charge in [-0.25, -0.2) is 14.8 Å². The molecule has 4 N–H and O–H groups in total. The van der Waals surface area contributed by atoms with E-state index in [1.165, 1.54) is 6.42 Å². The van der Waals surface area contributed by atoms with E-state index in [1.807, 2.05) is 24.3 Å². The number of aromatic nitrogens is 2. The lowest BCUT2D eigenvalue weighted by Gasteiger charge is -2.22. The second kappa shape index (κ2) is 9.97. The van der Waals surface area contributed by atoms with Gasteiger partial charge in [0.1, 0.15) is 0 Å². The Balaban J connectivity index is 1.60. The Labute approximate surface area is 170 Å². The molecule has 0 spiro atoms. The van der Waals surface area contributed by atoms with Gasteiger partial charge in [0, 0.05) is 37.6 Å². The maximum absolute atomic E-state index is 12.1. The van der Waals surface area contributed by atoms with E-state index in [9.17, 15) is 9.59 Å². The first-order valence-electron chi connectivity index (χ1n) is 9.98. The van der Waals surface area contributed by atoms with Gasteiger partial charge in [-0.1, -0.05) is 37.5 Å². The molecule has 0 bridgehead atoms. The molecule has 1 aliphatic rings. The largest absolute Gasteiger partial charge is 0.340 e. The molecule has 0 unspecified atom stereocenters. The number of amides is 3. The zero-order valence-electron chi connectivity index (χ0n) is 16.7. The fourth-order valence-corrected chi connectivity index (χ4v) is 3.48. The smallest absolute Gasteiger partial charge is 0.321 e. The Morgan fingerprint density at radius 2 is 1.86 bits per heavy atom. The van der Waals surface area contributed by atoms with Crippen molar-refractivity contribution in [2.45, 2.75) is 44.7 Å². The molecule has 0 atom stereocenters. The van der Waals surface area contributed by atoms with Crippen molar-refractivity contribution in [1.82, 2.24) is 20.2 Å². The van der Waals surface area contributed by atoms with Crippen LogP contribution in [0.3, 0.4) is 0 Å². The van der Waals surface area contributed by atoms with Crippen LogP contribution in [-0.2, 0) is 11.3 Å². The summed E-state index contributed by atoms with van der Waals surface area (Å²) in [5.74, 6) is 0.159. The van der Waals surface area contributed by atoms with E-state index < -0.39 is 0 Å². The first kappa shape index (κ1) is 20.7. The highest BCUT2D eigenvalue weighted by atomic mass is 16.2. The number of benzene rings is 1. The summed E-state index contributed by atoms with van der Waals surface area (Å²) in [6, 6.07) is 7.79. The van der Waals surface area contributed by atoms with Crippen LogP contribution in [-0.4, -0.2) is 46.4 Å². The van der Waals surface area contributed by atoms with Crippen LogP contribution in [0.2, 0.25) is 0 Å². The van der Waals surface area contributed by atoms with Crippen LogP contribution in [0.25, 0.3) is 11.1 Å². The maximum Gasteiger partial charge on any atom is 0.321 e. The van der Waals surface area contributed by atoms with E-state index >= 15 is 0 Å². The van der Waals surface area contributed by atoms with Crippen molar-refractivity contribution < 1.29 is 9.59 Å². The number of rotatable bonds is 6. The fraction of sp³-hybridized carbons (Fsp3) is 0.429. The summed E-state index contributed by atoms with van der Waals surface area (Å²) >= 11 is 0. The van der Waals surface area contributed by atoms with Crippen molar-refractivity contribution in [3.63, 3.8) is 0 Å². The third kappa shape index (κ3) is 5.99. The molecule has 3 rings (SSSR count). The predicted molar refractivity (Wildman–Crippen MR) is 112 cm³/mol. The second-order valence-electron chi connectivity index (χ2n) is 7.38. The zero-order chi connectivity index (χ0) is 20.6. The second-order valence-corrected chi connectivity index (χ2v) is 7.38. The van der Waals surface area contributed by atoms with Crippen molar-refractivity contribution in [1.29, 1.82) is 0 Å². The summed E-state index contributed by atoms with van der Waals surface area (Å²) in [4.78, 5) is 33.9. The van der Waals surface area contributed by atoms with Gasteiger partial charge >= 0.3 is 6.03 Å². The first-order valence-corrected chi connectivity index (χ1v) is 9.98. The molecular weight excluding hydrogens is 368 g/mol. The van der Waals surface area contributed by atoms with E-state index in [1.54, 1.807) is 24.3 Å². The fourth-order valence-electron chi connectivity index (χ4n) is 3.48. The quantitative estimate of drug-likeness (QED) is 0.694. The van der Waals surface area contributed by atoms with Gasteiger partial charge in [0.15, 0.2) is 0 Å². The molecular formula is C21H28N6O2. The van der Waals surface area contributed by atoms with Crippen LogP contribution in [0.5, 0.6) is 0 Å². The Morgan fingerprint density at radius 1 is 1.14 bits per heavy atom. The molecule has 3 amide bonds. The van der Waals surface area contributed by atoms with E-state index in [0.29, 0.717) is 6.54 Å². The monoisotopic (exact) mass is 396 g/mol. The maximum atomic E-state index is 12.1. The molecule has 1 heterocycles. The molecule has 0 radical (unpaired) electrons. The highest BCUT2D eigenvalue weighted by molar-refractivity contribution is 5.87. The minimum atomic E-state index is -0.265. The highest BCUT2D eigenvalue weighted by Gasteiger charge is 2.16. The third-order valence-corrected chi connectivity index (χ3v) is 5.10. The van der Waals surface area contributed by atoms with Crippen LogP contribution < -0.4 is 16.4 Å². The molecule has 29 heavy (non-hydrogen) atoms. The van der Waals surface area contributed by atoms with Gasteiger partial charge in [0.2, 0.25) is 11.9 Å². The standard InChI is InChI=1S/C21H28N6O2/c1-27(19(28)11-22)14-15-6-5-7-16(10-15)17-12-23-20(24-13-17)26-21(29)25-18-8-3-2-4-9-18/h5-7,10,12-13,18H,2-4,8-9,11,14,22H2,1H3,(H2,23,24,25,26,29). The van der Waals surface area contributed by atoms with Crippen LogP contribution >= 0.6 is 0 Å². The summed E-state index contributed by atoms with van der Waals surface area (Å²) in [6.07, 6.45) is 8.96. The number of carbonyl (C=O) groups excluding carboxylic acids is 2. The van der Waals surface area contributed by atoms with Crippen LogP contribution in [0.15, 0.2) is 36.7 Å². The van der Waals surface area contributed by atoms with Crippen molar-refractivity contribution >= 4 is 17.9 Å². The molecule has 154 valence electrons. The van der Waals surface area contributed by atoms with Gasteiger partial charge in [-0.3, -0.25) is 10.1 Å². The lowest BCUT2D eigenvalue weighted by molar-refractivity contribution is -0.128. The Hall–Kier alpha value is -3.00. The average molecular weight is 396 g/mol. The Bertz CT molecular complexity index is 833. The number of nitrogens with zero attached hydrogens (tertiary/aromatic N) is 3. The molecule has 8 heteroatoms. The summed E-state index contributed by atoms with van der Waals surface area (Å²) in [7, 11) is 1.73. The molecule has 0 saturated heterocycles. The molecule has 1 fully saturated rings. The first-order chi connectivity index (χ1) is 14.0. The molecule has 0 aliphatic heterocycles. The molecule has 2 aromatic rings. The van der Waals surface area contributed by atoms with Crippen molar-refractivity contribution in [3.05, 3.63) is 42.2 Å². The number of nitrogens with one attached hydrogen (secondary N) is 2. The SMILES string of the molecule is CN(Cc1cccc(-c2cnc(NC(=O)NC3CCCCC3)nc2)c1)C(=O)CN. The predicted octanol–water partition coefficient (Wildman–Crippen LogP) is 2.51. The number of hydrogen-bond donors (Lipinski definition) is 3. The van der Waals surface area contributed by atoms with Gasteiger partial charge < -0.3 is 16.0 Å². The van der Waals surface area contributed by atoms with Crippen molar-refractivity contribution in [3.8, 4) is 11.1 Å². The van der Waals surface area contributed by atoms with E-state index in [2.05, 4.69) is 20.6 Å². The zero-order valence-corrected chi connectivity index (χ0v) is 16.7. The topological polar surface area (TPSA) is 113 Å². The lowest BCUT2D eigenvalue weighted by atomic mass is 9.96. The molecule has 8 nitrogen and oxygen atoms in total. The molecule has 1 aliphatic carbocycles. The molecule has 1 aromatic heterocycles. The summed E-state index contributed by atoms with van der Waals surface area (Å²) in [6.45, 7) is 0.471. The van der Waals surface area contributed by atoms with Crippen LogP contribution in [0.4, 0.5) is 10.7 Å². The van der Waals surface area contributed by atoms with Crippen LogP contribution in [0.1, 0.15) is 37.7 Å². The van der Waals surface area contributed by atoms with Crippen LogP contribution in [0, 0.1) is 0 Å². The van der Waals surface area contributed by atoms with E-state index in [0.717, 1.165) is 42.4 Å². The molecule has 1 saturated carbocycles. The van der Waals surface area contributed by atoms with Gasteiger partial charge in [-0.2, -0.15) is 0 Å². The number of urea groups is 1. The third-order valence-electron chi connectivity index (χ3n) is 5.10. The van der Waals surface area contributed by atoms with Crippen molar-refractivity contribution in [2.24, 2.45) is 5.73 Å². The van der Waals surface area contributed by atoms with E-state index in [4.69, 9.17) is 5.73 Å². The average Bonchev–Trinajstić information content (AvgIpc) is 2.74. The lowest BCUT2D eigenvalue weighted by Crippen LogP contribution is -2.39. The minimum absolute atomic E-state index is 0.00713. The normalized spacial score (nSPS) is 14.3. The van der Waals surface area contributed by atoms with Gasteiger partial charge in [0.05, 0.1) is 6.54 Å². The summed E-state index contributed by atoms with van der Waals surface area (Å²) in [5, 5.41) is 5.68. The van der Waals surface area contributed by atoms with Gasteiger partial charge in [-0.05, 0) is 30.0 Å². The molecule has 1 aromatic carbocycles. The number of hydrogen-bond acceptors (Lipinski definition) is 5. The number of anilines is 1. The Kier molecular flexibility index (Phi) is 7.13. The summed E-state index contributed by atoms with van der Waals surface area (Å²) < 4.78 is 0. The number of carbonyl (C=O) groups is 2. The summed E-state index contributed by atoms with van der Waals surface area (Å²) in [5.41, 5.74) is 8.16. The highest BCUT2D eigenvalue weighted by Crippen LogP contribution is 2.20. The van der Waals surface area contributed by atoms with Gasteiger partial charge in [-0.15, -0.1) is 0 Å².